The number of nitrogens with zero attached hydrogens (tertiary/aromatic N) is 2. The zero-order valence-corrected chi connectivity index (χ0v) is 29.8. The van der Waals surface area contributed by atoms with Crippen molar-refractivity contribution in [2.45, 2.75) is 0 Å². The lowest BCUT2D eigenvalue weighted by Gasteiger charge is -2.13. The molecule has 0 bridgehead atoms. The second kappa shape index (κ2) is 12.6. The number of benzene rings is 9. The zero-order valence-electron chi connectivity index (χ0n) is 29.8. The van der Waals surface area contributed by atoms with Gasteiger partial charge in [0.1, 0.15) is 11.2 Å². The third-order valence-corrected chi connectivity index (χ3v) is 10.9. The van der Waals surface area contributed by atoms with E-state index in [1.165, 1.54) is 27.5 Å². The van der Waals surface area contributed by atoms with Crippen LogP contribution in [0.3, 0.4) is 0 Å². The molecule has 0 radical (unpaired) electrons. The van der Waals surface area contributed by atoms with Crippen LogP contribution in [-0.4, -0.2) is 9.97 Å². The summed E-state index contributed by atoms with van der Waals surface area (Å²) in [7, 11) is 0. The highest BCUT2D eigenvalue weighted by molar-refractivity contribution is 6.20. The van der Waals surface area contributed by atoms with E-state index < -0.39 is 0 Å². The minimum atomic E-state index is 0.624. The molecule has 11 rings (SSSR count). The summed E-state index contributed by atoms with van der Waals surface area (Å²) in [5.41, 5.74) is 11.1. The van der Waals surface area contributed by atoms with E-state index in [1.54, 1.807) is 0 Å². The number of fused-ring (bicyclic) bond motifs is 7. The Kier molecular flexibility index (Phi) is 7.17. The average molecular weight is 701 g/mol. The molecular weight excluding hydrogens is 669 g/mol. The molecule has 0 amide bonds. The summed E-state index contributed by atoms with van der Waals surface area (Å²) < 4.78 is 6.97. The van der Waals surface area contributed by atoms with Crippen molar-refractivity contribution in [2.75, 3.05) is 0 Å². The third kappa shape index (κ3) is 5.20. The minimum absolute atomic E-state index is 0.624. The van der Waals surface area contributed by atoms with Crippen molar-refractivity contribution in [1.29, 1.82) is 0 Å². The first-order chi connectivity index (χ1) is 27.3. The van der Waals surface area contributed by atoms with E-state index in [4.69, 9.17) is 14.4 Å². The van der Waals surface area contributed by atoms with Gasteiger partial charge in [-0.05, 0) is 67.4 Å². The first-order valence-corrected chi connectivity index (χ1v) is 18.7. The maximum atomic E-state index is 6.97. The molecule has 3 nitrogen and oxygen atoms in total. The van der Waals surface area contributed by atoms with Crippen LogP contribution in [0.1, 0.15) is 0 Å². The van der Waals surface area contributed by atoms with Crippen LogP contribution < -0.4 is 0 Å². The monoisotopic (exact) mass is 700 g/mol. The number of rotatable bonds is 5. The van der Waals surface area contributed by atoms with E-state index in [1.807, 2.05) is 0 Å². The first-order valence-electron chi connectivity index (χ1n) is 18.7. The standard InChI is InChI=1S/C52H32N2O/c1-2-13-33(14-3-1)34-27-29-37(30-28-34)46-31-47-44-25-12-26-45(50(44)55-51(47)43-22-9-8-21-40(43)46)52-53-48(41-23-10-17-35-15-4-6-19-38(35)41)32-49(54-52)42-24-11-18-36-16-5-7-20-39(36)42/h1-32H. The van der Waals surface area contributed by atoms with Gasteiger partial charge in [-0.2, -0.15) is 0 Å². The molecule has 2 aromatic heterocycles. The van der Waals surface area contributed by atoms with Gasteiger partial charge >= 0.3 is 0 Å². The molecule has 256 valence electrons. The molecule has 0 fully saturated rings. The summed E-state index contributed by atoms with van der Waals surface area (Å²) >= 11 is 0. The Labute approximate surface area is 317 Å². The lowest BCUT2D eigenvalue weighted by Crippen LogP contribution is -1.97. The molecule has 0 aliphatic rings. The molecule has 11 aromatic rings. The number of furan rings is 1. The summed E-state index contributed by atoms with van der Waals surface area (Å²) in [6, 6.07) is 68.5. The summed E-state index contributed by atoms with van der Waals surface area (Å²) in [5, 5.41) is 8.96. The average Bonchev–Trinajstić information content (AvgIpc) is 3.65. The van der Waals surface area contributed by atoms with Crippen molar-refractivity contribution < 1.29 is 4.42 Å². The quantitative estimate of drug-likeness (QED) is 0.179. The topological polar surface area (TPSA) is 38.9 Å². The van der Waals surface area contributed by atoms with E-state index in [0.29, 0.717) is 5.82 Å². The second-order valence-corrected chi connectivity index (χ2v) is 14.1. The van der Waals surface area contributed by atoms with Crippen molar-refractivity contribution >= 4 is 54.3 Å². The van der Waals surface area contributed by atoms with Crippen LogP contribution in [0, 0.1) is 0 Å². The fourth-order valence-electron chi connectivity index (χ4n) is 8.25. The van der Waals surface area contributed by atoms with Crippen LogP contribution >= 0.6 is 0 Å². The fraction of sp³-hybridized carbons (Fsp3) is 0. The fourth-order valence-corrected chi connectivity index (χ4v) is 8.25. The SMILES string of the molecule is c1ccc(-c2ccc(-c3cc4c5cccc(-c6nc(-c7cccc8ccccc78)cc(-c7cccc8ccccc78)n6)c5oc4c4ccccc34)cc2)cc1. The number of hydrogen-bond acceptors (Lipinski definition) is 3. The Morgan fingerprint density at radius 3 is 1.44 bits per heavy atom. The number of hydrogen-bond donors (Lipinski definition) is 0. The van der Waals surface area contributed by atoms with E-state index in [0.717, 1.165) is 77.1 Å². The summed E-state index contributed by atoms with van der Waals surface area (Å²) in [4.78, 5) is 10.7. The summed E-state index contributed by atoms with van der Waals surface area (Å²) in [5.74, 6) is 0.624. The van der Waals surface area contributed by atoms with Gasteiger partial charge in [0.2, 0.25) is 0 Å². The Bertz CT molecular complexity index is 3140. The molecule has 9 aromatic carbocycles. The highest BCUT2D eigenvalue weighted by Gasteiger charge is 2.20. The van der Waals surface area contributed by atoms with Gasteiger partial charge in [0.25, 0.3) is 0 Å². The van der Waals surface area contributed by atoms with Gasteiger partial charge in [-0.3, -0.25) is 0 Å². The summed E-state index contributed by atoms with van der Waals surface area (Å²) in [6.45, 7) is 0. The third-order valence-electron chi connectivity index (χ3n) is 10.9. The van der Waals surface area contributed by atoms with Gasteiger partial charge < -0.3 is 4.42 Å². The Morgan fingerprint density at radius 2 is 0.764 bits per heavy atom. The number of para-hydroxylation sites is 1. The second-order valence-electron chi connectivity index (χ2n) is 14.1. The van der Waals surface area contributed by atoms with Crippen LogP contribution in [0.2, 0.25) is 0 Å². The highest BCUT2D eigenvalue weighted by atomic mass is 16.3. The highest BCUT2D eigenvalue weighted by Crippen LogP contribution is 2.43. The van der Waals surface area contributed by atoms with Crippen molar-refractivity contribution in [1.82, 2.24) is 9.97 Å². The molecule has 55 heavy (non-hydrogen) atoms. The van der Waals surface area contributed by atoms with Gasteiger partial charge in [-0.15, -0.1) is 0 Å². The predicted molar refractivity (Wildman–Crippen MR) is 229 cm³/mol. The Hall–Kier alpha value is -7.36. The van der Waals surface area contributed by atoms with E-state index in [2.05, 4.69) is 194 Å². The number of aromatic nitrogens is 2. The zero-order chi connectivity index (χ0) is 36.3. The van der Waals surface area contributed by atoms with Crippen molar-refractivity contribution in [3.8, 4) is 56.2 Å². The molecule has 0 atom stereocenters. The van der Waals surface area contributed by atoms with Gasteiger partial charge in [-0.1, -0.05) is 176 Å². The van der Waals surface area contributed by atoms with Crippen LogP contribution in [-0.2, 0) is 0 Å². The van der Waals surface area contributed by atoms with Gasteiger partial charge in [0.15, 0.2) is 5.82 Å². The molecule has 0 saturated heterocycles. The van der Waals surface area contributed by atoms with Crippen molar-refractivity contribution in [3.63, 3.8) is 0 Å². The van der Waals surface area contributed by atoms with Crippen molar-refractivity contribution in [2.24, 2.45) is 0 Å². The van der Waals surface area contributed by atoms with E-state index >= 15 is 0 Å². The van der Waals surface area contributed by atoms with Crippen molar-refractivity contribution in [3.05, 3.63) is 194 Å². The predicted octanol–water partition coefficient (Wildman–Crippen LogP) is 14.2. The lowest BCUT2D eigenvalue weighted by atomic mass is 9.94. The first kappa shape index (κ1) is 31.2. The molecule has 0 spiro atoms. The van der Waals surface area contributed by atoms with Gasteiger partial charge in [0.05, 0.1) is 17.0 Å². The van der Waals surface area contributed by atoms with Crippen LogP contribution in [0.4, 0.5) is 0 Å². The van der Waals surface area contributed by atoms with E-state index in [-0.39, 0.29) is 0 Å². The molecule has 0 aliphatic heterocycles. The molecular formula is C52H32N2O. The normalized spacial score (nSPS) is 11.6. The molecule has 3 heteroatoms. The summed E-state index contributed by atoms with van der Waals surface area (Å²) in [6.07, 6.45) is 0. The van der Waals surface area contributed by atoms with Crippen LogP contribution in [0.5, 0.6) is 0 Å². The molecule has 0 aliphatic carbocycles. The maximum Gasteiger partial charge on any atom is 0.164 e. The smallest absolute Gasteiger partial charge is 0.164 e. The van der Waals surface area contributed by atoms with E-state index in [9.17, 15) is 0 Å². The molecule has 0 N–H and O–H groups in total. The van der Waals surface area contributed by atoms with Gasteiger partial charge in [-0.25, -0.2) is 9.97 Å². The molecule has 2 heterocycles. The molecule has 0 unspecified atom stereocenters. The minimum Gasteiger partial charge on any atom is -0.455 e. The van der Waals surface area contributed by atoms with Crippen LogP contribution in [0.15, 0.2) is 199 Å². The Morgan fingerprint density at radius 1 is 0.291 bits per heavy atom. The Balaban J connectivity index is 1.14. The largest absolute Gasteiger partial charge is 0.455 e. The maximum absolute atomic E-state index is 6.97. The molecule has 0 saturated carbocycles. The van der Waals surface area contributed by atoms with Gasteiger partial charge in [0, 0.05) is 27.3 Å². The van der Waals surface area contributed by atoms with Crippen LogP contribution in [0.25, 0.3) is 110 Å². The lowest BCUT2D eigenvalue weighted by molar-refractivity contribution is 0.673.